The molecule has 0 aliphatic rings. The first-order chi connectivity index (χ1) is 5.00. The minimum Gasteiger partial charge on any atom is 0 e. The predicted molar refractivity (Wildman–Crippen MR) is 20.8 cm³/mol. The second-order valence-electron chi connectivity index (χ2n) is 0. The van der Waals surface area contributed by atoms with E-state index in [2.05, 4.69) is 33.3 Å². The molecule has 0 fully saturated rings. The summed E-state index contributed by atoms with van der Waals surface area (Å²) >= 11 is 0. The molecule has 65 valence electrons. The van der Waals surface area contributed by atoms with Gasteiger partial charge in [-0.25, -0.2) is 0 Å². The number of hydrogen-bond acceptors (Lipinski definition) is 0. The fourth-order valence-corrected chi connectivity index (χ4v) is 0. The Bertz CT molecular complexity index is 83.5. The summed E-state index contributed by atoms with van der Waals surface area (Å²) in [5.74, 6) is 0. The van der Waals surface area contributed by atoms with E-state index >= 15 is 0 Å². The molecule has 0 unspecified atom stereocenters. The van der Waals surface area contributed by atoms with Gasteiger partial charge >= 0.3 is 57.9 Å². The topological polar surface area (TPSA) is 99.5 Å². The summed E-state index contributed by atoms with van der Waals surface area (Å²) in [5.41, 5.74) is 0. The molecule has 0 spiro atoms. The van der Waals surface area contributed by atoms with E-state index in [4.69, 9.17) is 23.3 Å². The molecule has 5 nitrogen and oxygen atoms in total. The molecule has 0 rings (SSSR count). The van der Waals surface area contributed by atoms with Crippen molar-refractivity contribution >= 4 is 0 Å². The number of rotatable bonds is 0. The molecule has 0 aliphatic heterocycles. The molecule has 0 amide bonds. The molecule has 1 radical (unpaired) electrons. The van der Waals surface area contributed by atoms with Gasteiger partial charge in [0.05, 0.1) is 0 Å². The van der Waals surface area contributed by atoms with E-state index in [0.717, 1.165) is 0 Å². The molecule has 0 aliphatic carbocycles. The molecule has 0 atom stereocenters. The normalized spacial score (nSPS) is 0.833. The maximum absolute atomic E-state index is 7.50. The minimum absolute atomic E-state index is 0. The van der Waals surface area contributed by atoms with Crippen LogP contribution in [0.2, 0.25) is 0 Å². The summed E-state index contributed by atoms with van der Waals surface area (Å²) in [6.45, 7) is 22.5. The fourth-order valence-electron chi connectivity index (χ4n) is 0. The largest absolute Gasteiger partial charge is 1.00 e. The Morgan fingerprint density at radius 2 is 0.500 bits per heavy atom. The van der Waals surface area contributed by atoms with E-state index in [9.17, 15) is 0 Å². The first-order valence-corrected chi connectivity index (χ1v) is 1.02. The Labute approximate surface area is 92.2 Å². The van der Waals surface area contributed by atoms with Gasteiger partial charge in [-0.1, -0.05) is 0 Å². The molecule has 0 aromatic carbocycles. The quantitative estimate of drug-likeness (QED) is 0.255. The predicted octanol–water partition coefficient (Wildman–Crippen LogP) is -3.07. The van der Waals surface area contributed by atoms with E-state index in [-0.39, 0.29) is 35.5 Å². The van der Waals surface area contributed by atoms with Crippen LogP contribution >= 0.6 is 0 Å². The van der Waals surface area contributed by atoms with E-state index in [0.29, 0.717) is 0 Å². The third kappa shape index (κ3) is 8130. The molecule has 12 heavy (non-hydrogen) atoms. The second-order valence-corrected chi connectivity index (χ2v) is 0. The summed E-state index contributed by atoms with van der Waals surface area (Å²) in [4.78, 5) is 0. The van der Waals surface area contributed by atoms with Crippen molar-refractivity contribution in [3.63, 3.8) is 0 Å². The Kier molecular flexibility index (Phi) is 56300. The van der Waals surface area contributed by atoms with Crippen LogP contribution in [-0.4, -0.2) is 0 Å². The third-order valence-electron chi connectivity index (χ3n) is 0. The summed E-state index contributed by atoms with van der Waals surface area (Å²) < 4.78 is 37.5. The van der Waals surface area contributed by atoms with Gasteiger partial charge in [0, 0.05) is 17.1 Å². The molecule has 0 saturated carbocycles. The van der Waals surface area contributed by atoms with Crippen LogP contribution in [0.15, 0.2) is 0 Å². The molecule has 0 aromatic rings. The van der Waals surface area contributed by atoms with Crippen LogP contribution in [0.3, 0.4) is 0 Å². The molecule has 0 saturated heterocycles. The first kappa shape index (κ1) is 60.6. The number of halogens is 1. The van der Waals surface area contributed by atoms with Gasteiger partial charge in [-0.2, -0.15) is 0 Å². The van der Waals surface area contributed by atoms with Crippen molar-refractivity contribution in [1.82, 2.24) is 0 Å². The van der Waals surface area contributed by atoms with Crippen molar-refractivity contribution in [3.05, 3.63) is 33.3 Å². The zero-order valence-corrected chi connectivity index (χ0v) is 8.06. The Morgan fingerprint density at radius 1 is 0.500 bits per heavy atom. The molecule has 0 aromatic heterocycles. The van der Waals surface area contributed by atoms with Crippen molar-refractivity contribution in [3.8, 4) is 0 Å². The summed E-state index contributed by atoms with van der Waals surface area (Å²) in [7, 11) is 0. The molecule has 0 heterocycles. The van der Waals surface area contributed by atoms with Crippen molar-refractivity contribution in [2.24, 2.45) is 0 Å². The van der Waals surface area contributed by atoms with Crippen LogP contribution in [-0.2, 0) is 40.3 Å². The fraction of sp³-hybridized carbons (Fsp3) is 0. The van der Waals surface area contributed by atoms with Crippen LogP contribution in [0.25, 0.3) is 0 Å². The van der Waals surface area contributed by atoms with Crippen LogP contribution < -0.4 is 17.0 Å². The molecular formula is C5HBrMnO5. The van der Waals surface area contributed by atoms with Gasteiger partial charge < -0.3 is 17.0 Å². The smallest absolute Gasteiger partial charge is 0 e. The number of hydrogen-bond donors (Lipinski definition) is 0. The van der Waals surface area contributed by atoms with E-state index in [1.165, 1.54) is 0 Å². The van der Waals surface area contributed by atoms with Gasteiger partial charge in [0.1, 0.15) is 0 Å². The Balaban J connectivity index is -0.00000000379. The van der Waals surface area contributed by atoms with Gasteiger partial charge in [0.15, 0.2) is 0 Å². The van der Waals surface area contributed by atoms with E-state index < -0.39 is 0 Å². The van der Waals surface area contributed by atoms with Crippen LogP contribution in [0.1, 0.15) is 1.43 Å². The van der Waals surface area contributed by atoms with Crippen LogP contribution in [0.4, 0.5) is 0 Å². The zero-order chi connectivity index (χ0) is 10.0. The van der Waals surface area contributed by atoms with Crippen molar-refractivity contribution in [2.45, 2.75) is 0 Å². The maximum atomic E-state index is 7.50. The van der Waals surface area contributed by atoms with Crippen LogP contribution in [0.5, 0.6) is 0 Å². The first-order valence-electron chi connectivity index (χ1n) is 1.02. The summed E-state index contributed by atoms with van der Waals surface area (Å²) in [5, 5.41) is 0. The van der Waals surface area contributed by atoms with Crippen LogP contribution in [0, 0.1) is 33.3 Å². The van der Waals surface area contributed by atoms with Gasteiger partial charge in [-0.15, -0.1) is 0 Å². The maximum Gasteiger partial charge on any atom is 1.00 e. The molecule has 0 N–H and O–H groups in total. The molecule has 7 heteroatoms. The minimum atomic E-state index is 0. The molecule has 0 bridgehead atoms. The average Bonchev–Trinajstić information content (AvgIpc) is 2.20. The Morgan fingerprint density at radius 3 is 0.500 bits per heavy atom. The van der Waals surface area contributed by atoms with E-state index in [1.807, 2.05) is 0 Å². The summed E-state index contributed by atoms with van der Waals surface area (Å²) in [6, 6.07) is 0. The van der Waals surface area contributed by atoms with Gasteiger partial charge in [-0.3, -0.25) is 0 Å². The monoisotopic (exact) mass is 275 g/mol. The zero-order valence-electron chi connectivity index (χ0n) is 6.30. The average molecular weight is 276 g/mol. The van der Waals surface area contributed by atoms with Gasteiger partial charge in [-0.05, 0) is 0 Å². The SMILES string of the molecule is [Br-].[C-]#[O+].[C-]#[O+].[C-]#[O+].[C-]#[O+].[C-]#[O+].[H+].[Mn]. The van der Waals surface area contributed by atoms with Crippen molar-refractivity contribution in [2.75, 3.05) is 0 Å². The third-order valence-corrected chi connectivity index (χ3v) is 0. The standard InChI is InChI=1S/5CO.BrH.Mn/c5*1-2;;/h;;;;;1H;. The summed E-state index contributed by atoms with van der Waals surface area (Å²) in [6.07, 6.45) is 0. The van der Waals surface area contributed by atoms with Gasteiger partial charge in [0.2, 0.25) is 0 Å². The van der Waals surface area contributed by atoms with Crippen molar-refractivity contribution in [1.29, 1.82) is 0 Å². The molecular weight excluding hydrogens is 275 g/mol. The second kappa shape index (κ2) is 11100. The van der Waals surface area contributed by atoms with Crippen molar-refractivity contribution < 1.29 is 58.7 Å². The Hall–Kier alpha value is -0.301. The van der Waals surface area contributed by atoms with E-state index in [1.54, 1.807) is 0 Å². The van der Waals surface area contributed by atoms with Gasteiger partial charge in [0.25, 0.3) is 0 Å².